The molecule has 0 amide bonds. The van der Waals surface area contributed by atoms with E-state index in [2.05, 4.69) is 199 Å². The van der Waals surface area contributed by atoms with Gasteiger partial charge in [0.15, 0.2) is 0 Å². The standard InChI is InChI=1S/C51H36N2O/c1-51(2)45-25-12-9-20-39(45)42-28-29-43-40-21-10-13-26-46(40)53(49(43)48(42)51)37-31-33(38-23-15-24-44-41-22-11-14-27-47(41)54-50(38)44)30-36(32-37)52(34-16-5-3-6-17-34)35-18-7-4-8-19-35/h3-32H,1-2H3. The maximum Gasteiger partial charge on any atom is 0.143 e. The minimum atomic E-state index is -0.196. The molecule has 0 N–H and O–H groups in total. The third-order valence-corrected chi connectivity index (χ3v) is 11.5. The molecule has 0 saturated heterocycles. The first-order chi connectivity index (χ1) is 26.6. The number of benzene rings is 8. The van der Waals surface area contributed by atoms with E-state index in [1.165, 1.54) is 44.1 Å². The van der Waals surface area contributed by atoms with Crippen LogP contribution in [-0.2, 0) is 5.41 Å². The Bertz CT molecular complexity index is 3040. The van der Waals surface area contributed by atoms with Gasteiger partial charge in [-0.15, -0.1) is 0 Å². The highest BCUT2D eigenvalue weighted by Gasteiger charge is 2.38. The molecule has 54 heavy (non-hydrogen) atoms. The molecule has 11 rings (SSSR count). The zero-order chi connectivity index (χ0) is 36.0. The lowest BCUT2D eigenvalue weighted by Gasteiger charge is -2.27. The molecule has 0 atom stereocenters. The maximum absolute atomic E-state index is 6.68. The molecule has 256 valence electrons. The van der Waals surface area contributed by atoms with Crippen LogP contribution < -0.4 is 4.90 Å². The fraction of sp³-hybridized carbons (Fsp3) is 0.0588. The lowest BCUT2D eigenvalue weighted by Crippen LogP contribution is -2.16. The van der Waals surface area contributed by atoms with Crippen molar-refractivity contribution >= 4 is 60.8 Å². The van der Waals surface area contributed by atoms with E-state index in [1.807, 2.05) is 6.07 Å². The Morgan fingerprint density at radius 2 is 1.13 bits per heavy atom. The van der Waals surface area contributed by atoms with Crippen LogP contribution >= 0.6 is 0 Å². The molecule has 8 aromatic carbocycles. The number of nitrogens with zero attached hydrogens (tertiary/aromatic N) is 2. The topological polar surface area (TPSA) is 21.3 Å². The third-order valence-electron chi connectivity index (χ3n) is 11.5. The Hall–Kier alpha value is -6.84. The predicted molar refractivity (Wildman–Crippen MR) is 226 cm³/mol. The van der Waals surface area contributed by atoms with Crippen molar-refractivity contribution in [2.75, 3.05) is 4.90 Å². The zero-order valence-electron chi connectivity index (χ0n) is 30.1. The Balaban J connectivity index is 1.27. The molecule has 1 aliphatic rings. The van der Waals surface area contributed by atoms with Gasteiger partial charge in [-0.1, -0.05) is 141 Å². The minimum Gasteiger partial charge on any atom is -0.455 e. The second-order valence-corrected chi connectivity index (χ2v) is 14.9. The van der Waals surface area contributed by atoms with Crippen LogP contribution in [0, 0.1) is 0 Å². The van der Waals surface area contributed by atoms with Gasteiger partial charge < -0.3 is 13.9 Å². The summed E-state index contributed by atoms with van der Waals surface area (Å²) in [6, 6.07) is 65.8. The molecule has 1 aliphatic carbocycles. The number of furan rings is 1. The molecule has 0 aliphatic heterocycles. The number of rotatable bonds is 5. The van der Waals surface area contributed by atoms with Crippen molar-refractivity contribution in [3.05, 3.63) is 193 Å². The number of anilines is 3. The number of aromatic nitrogens is 1. The SMILES string of the molecule is CC1(C)c2ccccc2-c2ccc3c4ccccc4n(-c4cc(-c5cccc6c5oc5ccccc56)cc(N(c5ccccc5)c5ccccc5)c4)c3c21. The van der Waals surface area contributed by atoms with Gasteiger partial charge in [0.05, 0.1) is 11.0 Å². The smallest absolute Gasteiger partial charge is 0.143 e. The first-order valence-corrected chi connectivity index (χ1v) is 18.7. The Morgan fingerprint density at radius 3 is 1.93 bits per heavy atom. The van der Waals surface area contributed by atoms with E-state index in [-0.39, 0.29) is 5.41 Å². The fourth-order valence-corrected chi connectivity index (χ4v) is 9.17. The molecular weight excluding hydrogens is 657 g/mol. The van der Waals surface area contributed by atoms with Crippen molar-refractivity contribution in [3.63, 3.8) is 0 Å². The number of fused-ring (bicyclic) bond motifs is 10. The molecular formula is C51H36N2O. The lowest BCUT2D eigenvalue weighted by atomic mass is 9.81. The van der Waals surface area contributed by atoms with Gasteiger partial charge in [-0.05, 0) is 82.4 Å². The molecule has 0 radical (unpaired) electrons. The molecule has 2 aromatic heterocycles. The normalized spacial score (nSPS) is 13.1. The summed E-state index contributed by atoms with van der Waals surface area (Å²) in [6.45, 7) is 4.77. The third kappa shape index (κ3) is 4.42. The van der Waals surface area contributed by atoms with Gasteiger partial charge in [-0.25, -0.2) is 0 Å². The van der Waals surface area contributed by atoms with Crippen LogP contribution in [0.3, 0.4) is 0 Å². The molecule has 0 fully saturated rings. The highest BCUT2D eigenvalue weighted by molar-refractivity contribution is 6.14. The van der Waals surface area contributed by atoms with Crippen LogP contribution in [0.1, 0.15) is 25.0 Å². The minimum absolute atomic E-state index is 0.196. The summed E-state index contributed by atoms with van der Waals surface area (Å²) < 4.78 is 9.21. The van der Waals surface area contributed by atoms with E-state index < -0.39 is 0 Å². The molecule has 10 aromatic rings. The predicted octanol–water partition coefficient (Wildman–Crippen LogP) is 14.1. The average Bonchev–Trinajstić information content (AvgIpc) is 3.84. The summed E-state index contributed by atoms with van der Waals surface area (Å²) in [6.07, 6.45) is 0. The zero-order valence-corrected chi connectivity index (χ0v) is 30.1. The van der Waals surface area contributed by atoms with Gasteiger partial charge in [-0.2, -0.15) is 0 Å². The van der Waals surface area contributed by atoms with Crippen molar-refractivity contribution in [2.24, 2.45) is 0 Å². The van der Waals surface area contributed by atoms with Crippen molar-refractivity contribution in [1.29, 1.82) is 0 Å². The fourth-order valence-electron chi connectivity index (χ4n) is 9.17. The summed E-state index contributed by atoms with van der Waals surface area (Å²) in [4.78, 5) is 2.36. The van der Waals surface area contributed by atoms with Gasteiger partial charge >= 0.3 is 0 Å². The monoisotopic (exact) mass is 692 g/mol. The highest BCUT2D eigenvalue weighted by Crippen LogP contribution is 2.53. The Labute approximate surface area is 314 Å². The first-order valence-electron chi connectivity index (χ1n) is 18.7. The van der Waals surface area contributed by atoms with Crippen LogP contribution in [0.4, 0.5) is 17.1 Å². The average molecular weight is 693 g/mol. The van der Waals surface area contributed by atoms with Gasteiger partial charge in [0.25, 0.3) is 0 Å². The van der Waals surface area contributed by atoms with E-state index >= 15 is 0 Å². The second kappa shape index (κ2) is 11.6. The molecule has 2 heterocycles. The van der Waals surface area contributed by atoms with Crippen LogP contribution in [0.5, 0.6) is 0 Å². The van der Waals surface area contributed by atoms with Crippen LogP contribution in [0.2, 0.25) is 0 Å². The van der Waals surface area contributed by atoms with E-state index in [1.54, 1.807) is 0 Å². The number of hydrogen-bond donors (Lipinski definition) is 0. The number of hydrogen-bond acceptors (Lipinski definition) is 2. The second-order valence-electron chi connectivity index (χ2n) is 14.9. The van der Waals surface area contributed by atoms with Crippen molar-refractivity contribution < 1.29 is 4.42 Å². The van der Waals surface area contributed by atoms with E-state index in [9.17, 15) is 0 Å². The quantitative estimate of drug-likeness (QED) is 0.179. The van der Waals surface area contributed by atoms with E-state index in [4.69, 9.17) is 4.42 Å². The van der Waals surface area contributed by atoms with Crippen LogP contribution in [-0.4, -0.2) is 4.57 Å². The Morgan fingerprint density at radius 1 is 0.481 bits per heavy atom. The van der Waals surface area contributed by atoms with Gasteiger partial charge in [0.2, 0.25) is 0 Å². The van der Waals surface area contributed by atoms with E-state index in [0.717, 1.165) is 55.8 Å². The molecule has 0 unspecified atom stereocenters. The summed E-state index contributed by atoms with van der Waals surface area (Å²) in [5.41, 5.74) is 15.9. The van der Waals surface area contributed by atoms with Gasteiger partial charge in [0.1, 0.15) is 11.2 Å². The van der Waals surface area contributed by atoms with Crippen molar-refractivity contribution in [3.8, 4) is 27.9 Å². The van der Waals surface area contributed by atoms with Crippen LogP contribution in [0.15, 0.2) is 186 Å². The largest absolute Gasteiger partial charge is 0.455 e. The van der Waals surface area contributed by atoms with Crippen molar-refractivity contribution in [1.82, 2.24) is 4.57 Å². The number of para-hydroxylation sites is 5. The van der Waals surface area contributed by atoms with Gasteiger partial charge in [-0.3, -0.25) is 0 Å². The summed E-state index contributed by atoms with van der Waals surface area (Å²) >= 11 is 0. The molecule has 3 nitrogen and oxygen atoms in total. The lowest BCUT2D eigenvalue weighted by molar-refractivity contribution is 0.664. The maximum atomic E-state index is 6.68. The summed E-state index contributed by atoms with van der Waals surface area (Å²) in [5.74, 6) is 0. The molecule has 0 spiro atoms. The highest BCUT2D eigenvalue weighted by atomic mass is 16.3. The summed E-state index contributed by atoms with van der Waals surface area (Å²) in [5, 5.41) is 4.75. The van der Waals surface area contributed by atoms with Crippen LogP contribution in [0.25, 0.3) is 71.7 Å². The summed E-state index contributed by atoms with van der Waals surface area (Å²) in [7, 11) is 0. The Kier molecular flexibility index (Phi) is 6.60. The van der Waals surface area contributed by atoms with Gasteiger partial charge in [0, 0.05) is 55.3 Å². The van der Waals surface area contributed by atoms with Crippen molar-refractivity contribution in [2.45, 2.75) is 19.3 Å². The van der Waals surface area contributed by atoms with E-state index in [0.29, 0.717) is 0 Å². The first kappa shape index (κ1) is 30.8. The molecule has 0 bridgehead atoms. The molecule has 0 saturated carbocycles. The molecule has 3 heteroatoms.